The normalized spacial score (nSPS) is 13.7. The molecule has 2 amide bonds. The summed E-state index contributed by atoms with van der Waals surface area (Å²) in [6, 6.07) is 7.20. The van der Waals surface area contributed by atoms with Crippen LogP contribution in [-0.2, 0) is 0 Å². The van der Waals surface area contributed by atoms with Crippen LogP contribution in [0.3, 0.4) is 0 Å². The number of anilines is 1. The van der Waals surface area contributed by atoms with Crippen LogP contribution < -0.4 is 10.6 Å². The van der Waals surface area contributed by atoms with E-state index >= 15 is 0 Å². The topological polar surface area (TPSA) is 61.4 Å². The fourth-order valence-electron chi connectivity index (χ4n) is 1.69. The lowest BCUT2D eigenvalue weighted by Crippen LogP contribution is -2.39. The molecule has 106 valence electrons. The molecule has 0 saturated heterocycles. The van der Waals surface area contributed by atoms with Gasteiger partial charge in [0.1, 0.15) is 0 Å². The molecule has 0 spiro atoms. The smallest absolute Gasteiger partial charge is 0.319 e. The van der Waals surface area contributed by atoms with Crippen molar-refractivity contribution in [3.8, 4) is 0 Å². The number of carbonyl (C=O) groups is 1. The Hall–Kier alpha value is -1.20. The average Bonchev–Trinajstić information content (AvgIpc) is 2.38. The van der Waals surface area contributed by atoms with Crippen LogP contribution in [0.5, 0.6) is 0 Å². The molecule has 0 aliphatic rings. The van der Waals surface area contributed by atoms with Gasteiger partial charge in [-0.25, -0.2) is 4.79 Å². The maximum Gasteiger partial charge on any atom is 0.319 e. The Morgan fingerprint density at radius 3 is 2.79 bits per heavy atom. The maximum atomic E-state index is 11.8. The van der Waals surface area contributed by atoms with Crippen molar-refractivity contribution in [3.63, 3.8) is 0 Å². The summed E-state index contributed by atoms with van der Waals surface area (Å²) in [6.07, 6.45) is 2.39. The second-order valence-electron chi connectivity index (χ2n) is 4.46. The molecule has 4 nitrogen and oxygen atoms in total. The molecule has 1 aromatic carbocycles. The number of hydrogen-bond donors (Lipinski definition) is 3. The molecule has 3 N–H and O–H groups in total. The summed E-state index contributed by atoms with van der Waals surface area (Å²) in [5, 5.41) is 15.2. The zero-order valence-electron chi connectivity index (χ0n) is 11.6. The van der Waals surface area contributed by atoms with E-state index in [0.29, 0.717) is 5.69 Å². The Labute approximate surface area is 119 Å². The van der Waals surface area contributed by atoms with Gasteiger partial charge in [-0.3, -0.25) is 0 Å². The number of rotatable bonds is 6. The van der Waals surface area contributed by atoms with E-state index in [1.54, 1.807) is 30.8 Å². The summed E-state index contributed by atoms with van der Waals surface area (Å²) in [7, 11) is 0. The van der Waals surface area contributed by atoms with Gasteiger partial charge in [-0.05, 0) is 37.3 Å². The molecule has 0 fully saturated rings. The van der Waals surface area contributed by atoms with E-state index in [2.05, 4.69) is 17.6 Å². The minimum Gasteiger partial charge on any atom is -0.389 e. The molecule has 2 unspecified atom stereocenters. The number of aliphatic hydroxyl groups excluding tert-OH is 1. The predicted molar refractivity (Wildman–Crippen MR) is 81.7 cm³/mol. The van der Waals surface area contributed by atoms with E-state index in [1.165, 1.54) is 0 Å². The summed E-state index contributed by atoms with van der Waals surface area (Å²) >= 11 is 1.71. The van der Waals surface area contributed by atoms with Crippen molar-refractivity contribution < 1.29 is 9.90 Å². The molecule has 0 aromatic heterocycles. The highest BCUT2D eigenvalue weighted by molar-refractivity contribution is 7.98. The van der Waals surface area contributed by atoms with Crippen LogP contribution in [0.2, 0.25) is 0 Å². The van der Waals surface area contributed by atoms with Crippen LogP contribution in [0.4, 0.5) is 10.5 Å². The number of amides is 2. The van der Waals surface area contributed by atoms with E-state index in [9.17, 15) is 9.90 Å². The summed E-state index contributed by atoms with van der Waals surface area (Å²) < 4.78 is 0. The Morgan fingerprint density at radius 1 is 1.47 bits per heavy atom. The van der Waals surface area contributed by atoms with Gasteiger partial charge in [-0.1, -0.05) is 19.1 Å². The van der Waals surface area contributed by atoms with Gasteiger partial charge in [0, 0.05) is 17.5 Å². The molecule has 0 bridgehead atoms. The number of benzene rings is 1. The van der Waals surface area contributed by atoms with Crippen molar-refractivity contribution in [2.24, 2.45) is 0 Å². The van der Waals surface area contributed by atoms with Gasteiger partial charge in [0.25, 0.3) is 0 Å². The lowest BCUT2D eigenvalue weighted by Gasteiger charge is -2.16. The summed E-state index contributed by atoms with van der Waals surface area (Å²) in [6.45, 7) is 3.75. The van der Waals surface area contributed by atoms with Gasteiger partial charge in [0.2, 0.25) is 0 Å². The molecular weight excluding hydrogens is 260 g/mol. The van der Waals surface area contributed by atoms with Crippen LogP contribution in [0, 0.1) is 0 Å². The number of urea groups is 1. The Bertz CT molecular complexity index is 410. The first-order chi connectivity index (χ1) is 9.06. The molecule has 0 heterocycles. The standard InChI is InChI=1S/C14H22N2O2S/c1-4-12(9-19-3)15-14(18)16-13-7-5-6-11(8-13)10(2)17/h5-8,10,12,17H,4,9H2,1-3H3,(H2,15,16,18). The number of aliphatic hydroxyl groups is 1. The molecular formula is C14H22N2O2S. The highest BCUT2D eigenvalue weighted by atomic mass is 32.2. The van der Waals surface area contributed by atoms with Crippen LogP contribution in [0.15, 0.2) is 24.3 Å². The summed E-state index contributed by atoms with van der Waals surface area (Å²) in [5.41, 5.74) is 1.48. The zero-order chi connectivity index (χ0) is 14.3. The molecule has 5 heteroatoms. The monoisotopic (exact) mass is 282 g/mol. The zero-order valence-corrected chi connectivity index (χ0v) is 12.5. The van der Waals surface area contributed by atoms with Crippen molar-refractivity contribution >= 4 is 23.5 Å². The van der Waals surface area contributed by atoms with Gasteiger partial charge in [-0.2, -0.15) is 11.8 Å². The lowest BCUT2D eigenvalue weighted by atomic mass is 10.1. The van der Waals surface area contributed by atoms with Gasteiger partial charge in [-0.15, -0.1) is 0 Å². The van der Waals surface area contributed by atoms with E-state index in [4.69, 9.17) is 0 Å². The van der Waals surface area contributed by atoms with Gasteiger partial charge >= 0.3 is 6.03 Å². The van der Waals surface area contributed by atoms with Crippen molar-refractivity contribution in [3.05, 3.63) is 29.8 Å². The van der Waals surface area contributed by atoms with Gasteiger partial charge in [0.05, 0.1) is 6.10 Å². The fraction of sp³-hybridized carbons (Fsp3) is 0.500. The van der Waals surface area contributed by atoms with E-state index in [-0.39, 0.29) is 12.1 Å². The average molecular weight is 282 g/mol. The number of carbonyl (C=O) groups excluding carboxylic acids is 1. The van der Waals surface area contributed by atoms with Crippen molar-refractivity contribution in [2.45, 2.75) is 32.4 Å². The Kier molecular flexibility index (Phi) is 6.73. The molecule has 2 atom stereocenters. The summed E-state index contributed by atoms with van der Waals surface area (Å²) in [5.74, 6) is 0.900. The third-order valence-corrected chi connectivity index (χ3v) is 3.56. The number of nitrogens with one attached hydrogen (secondary N) is 2. The largest absolute Gasteiger partial charge is 0.389 e. The molecule has 1 rings (SSSR count). The second kappa shape index (κ2) is 8.07. The van der Waals surface area contributed by atoms with E-state index in [0.717, 1.165) is 17.7 Å². The third-order valence-electron chi connectivity index (χ3n) is 2.82. The predicted octanol–water partition coefficient (Wildman–Crippen LogP) is 3.00. The number of thioether (sulfide) groups is 1. The molecule has 0 saturated carbocycles. The van der Waals surface area contributed by atoms with Gasteiger partial charge in [0.15, 0.2) is 0 Å². The minimum atomic E-state index is -0.537. The molecule has 0 aliphatic heterocycles. The Morgan fingerprint density at radius 2 is 2.21 bits per heavy atom. The first-order valence-electron chi connectivity index (χ1n) is 6.41. The van der Waals surface area contributed by atoms with Crippen molar-refractivity contribution in [2.75, 3.05) is 17.3 Å². The Balaban J connectivity index is 2.58. The van der Waals surface area contributed by atoms with Crippen LogP contribution in [-0.4, -0.2) is 29.2 Å². The second-order valence-corrected chi connectivity index (χ2v) is 5.37. The molecule has 0 aliphatic carbocycles. The van der Waals surface area contributed by atoms with Crippen LogP contribution >= 0.6 is 11.8 Å². The molecule has 1 aromatic rings. The first kappa shape index (κ1) is 15.9. The quantitative estimate of drug-likeness (QED) is 0.751. The molecule has 0 radical (unpaired) electrons. The van der Waals surface area contributed by atoms with Crippen molar-refractivity contribution in [1.82, 2.24) is 5.32 Å². The minimum absolute atomic E-state index is 0.176. The first-order valence-corrected chi connectivity index (χ1v) is 7.80. The SMILES string of the molecule is CCC(CSC)NC(=O)Nc1cccc(C(C)O)c1. The van der Waals surface area contributed by atoms with E-state index < -0.39 is 6.10 Å². The fourth-order valence-corrected chi connectivity index (χ4v) is 2.41. The highest BCUT2D eigenvalue weighted by Gasteiger charge is 2.10. The third kappa shape index (κ3) is 5.53. The highest BCUT2D eigenvalue weighted by Crippen LogP contribution is 2.16. The number of hydrogen-bond acceptors (Lipinski definition) is 3. The summed E-state index contributed by atoms with van der Waals surface area (Å²) in [4.78, 5) is 11.8. The van der Waals surface area contributed by atoms with E-state index in [1.807, 2.05) is 18.4 Å². The molecule has 19 heavy (non-hydrogen) atoms. The van der Waals surface area contributed by atoms with Crippen LogP contribution in [0.1, 0.15) is 31.9 Å². The maximum absolute atomic E-state index is 11.8. The van der Waals surface area contributed by atoms with Crippen LogP contribution in [0.25, 0.3) is 0 Å². The van der Waals surface area contributed by atoms with Crippen molar-refractivity contribution in [1.29, 1.82) is 0 Å². The lowest BCUT2D eigenvalue weighted by molar-refractivity contribution is 0.199. The van der Waals surface area contributed by atoms with Gasteiger partial charge < -0.3 is 15.7 Å².